The van der Waals surface area contributed by atoms with E-state index < -0.39 is 76.4 Å². The van der Waals surface area contributed by atoms with Crippen LogP contribution in [-0.2, 0) is 17.1 Å². The average molecular weight is 621 g/mol. The standard InChI is InChI=1S/C26H30F6N6O5/c1-5-6-7-16(18(39)20(40)34-17-8-9-33-35-17)38(23(41)42)19(24(2,3)4)22-37-36-21(43-22)13-10-14(25(27,28)29)12-15(11-13)26(30,31)32/h8-12,16,18-19,39H,5-7H2,1-4H3,(H,41,42)(H2,33,34,35,40)/t16-,18+,19+/m0/s1. The molecule has 4 N–H and O–H groups in total. The molecule has 0 aliphatic heterocycles. The number of nitrogens with zero attached hydrogens (tertiary/aromatic N) is 4. The Hall–Kier alpha value is -4.15. The van der Waals surface area contributed by atoms with E-state index in [2.05, 4.69) is 25.7 Å². The Balaban J connectivity index is 2.11. The molecule has 236 valence electrons. The van der Waals surface area contributed by atoms with Gasteiger partial charge in [-0.05, 0) is 30.0 Å². The van der Waals surface area contributed by atoms with Gasteiger partial charge < -0.3 is 19.9 Å². The molecule has 0 spiro atoms. The number of aromatic nitrogens is 4. The van der Waals surface area contributed by atoms with Crippen LogP contribution >= 0.6 is 0 Å². The van der Waals surface area contributed by atoms with Gasteiger partial charge in [0.2, 0.25) is 11.8 Å². The number of alkyl halides is 6. The number of hydrogen-bond donors (Lipinski definition) is 4. The van der Waals surface area contributed by atoms with Gasteiger partial charge in [0, 0.05) is 11.6 Å². The molecule has 0 saturated heterocycles. The highest BCUT2D eigenvalue weighted by molar-refractivity contribution is 5.94. The molecule has 0 aliphatic rings. The number of aliphatic hydroxyl groups excluding tert-OH is 1. The van der Waals surface area contributed by atoms with E-state index >= 15 is 0 Å². The first-order valence-corrected chi connectivity index (χ1v) is 13.0. The van der Waals surface area contributed by atoms with Crippen LogP contribution in [0, 0.1) is 5.41 Å². The number of amides is 2. The number of anilines is 1. The van der Waals surface area contributed by atoms with Gasteiger partial charge in [0.25, 0.3) is 5.91 Å². The summed E-state index contributed by atoms with van der Waals surface area (Å²) in [5.74, 6) is -2.03. The van der Waals surface area contributed by atoms with Gasteiger partial charge in [-0.2, -0.15) is 31.4 Å². The minimum absolute atomic E-state index is 0.00346. The molecule has 3 rings (SSSR count). The first kappa shape index (κ1) is 33.4. The Kier molecular flexibility index (Phi) is 9.78. The SMILES string of the molecule is CCCC[C@@H]([C@@H](O)C(=O)Nc1ccn[nH]1)N(C(=O)O)[C@H](c1nnc(-c2cc(C(F)(F)F)cc(C(F)(F)F)c2)o1)C(C)(C)C. The van der Waals surface area contributed by atoms with Crippen LogP contribution in [0.1, 0.15) is 70.0 Å². The third-order valence-electron chi connectivity index (χ3n) is 6.43. The van der Waals surface area contributed by atoms with E-state index in [9.17, 15) is 46.1 Å². The van der Waals surface area contributed by atoms with Crippen LogP contribution in [0.4, 0.5) is 37.0 Å². The number of benzene rings is 1. The highest BCUT2D eigenvalue weighted by atomic mass is 19.4. The molecular weight excluding hydrogens is 590 g/mol. The van der Waals surface area contributed by atoms with Crippen molar-refractivity contribution in [3.63, 3.8) is 0 Å². The Morgan fingerprint density at radius 1 is 1.05 bits per heavy atom. The highest BCUT2D eigenvalue weighted by Gasteiger charge is 2.46. The lowest BCUT2D eigenvalue weighted by Crippen LogP contribution is -2.54. The normalized spacial score (nSPS) is 14.7. The summed E-state index contributed by atoms with van der Waals surface area (Å²) in [6.45, 7) is 6.50. The number of nitrogens with one attached hydrogen (secondary N) is 2. The van der Waals surface area contributed by atoms with Gasteiger partial charge in [0.05, 0.1) is 23.4 Å². The lowest BCUT2D eigenvalue weighted by atomic mass is 9.83. The zero-order chi connectivity index (χ0) is 32.3. The molecule has 0 bridgehead atoms. The average Bonchev–Trinajstić information content (AvgIpc) is 3.58. The van der Waals surface area contributed by atoms with Gasteiger partial charge in [-0.25, -0.2) is 4.79 Å². The van der Waals surface area contributed by atoms with Crippen LogP contribution in [-0.4, -0.2) is 59.7 Å². The number of aromatic amines is 1. The molecule has 0 fully saturated rings. The minimum atomic E-state index is -5.13. The second kappa shape index (κ2) is 12.6. The third-order valence-corrected chi connectivity index (χ3v) is 6.43. The van der Waals surface area contributed by atoms with Crippen molar-refractivity contribution in [2.75, 3.05) is 5.32 Å². The molecule has 2 heterocycles. The molecule has 0 radical (unpaired) electrons. The number of aliphatic hydroxyl groups is 1. The minimum Gasteiger partial charge on any atom is -0.465 e. The van der Waals surface area contributed by atoms with Crippen LogP contribution < -0.4 is 5.32 Å². The van der Waals surface area contributed by atoms with Gasteiger partial charge in [-0.15, -0.1) is 10.2 Å². The molecule has 11 nitrogen and oxygen atoms in total. The van der Waals surface area contributed by atoms with Crippen molar-refractivity contribution in [3.05, 3.63) is 47.5 Å². The summed E-state index contributed by atoms with van der Waals surface area (Å²) in [7, 11) is 0. The lowest BCUT2D eigenvalue weighted by molar-refractivity contribution is -0.143. The number of hydrogen-bond acceptors (Lipinski definition) is 7. The molecule has 2 amide bonds. The molecule has 3 aromatic rings. The van der Waals surface area contributed by atoms with Gasteiger partial charge in [0.15, 0.2) is 6.10 Å². The Morgan fingerprint density at radius 3 is 2.12 bits per heavy atom. The maximum Gasteiger partial charge on any atom is 0.416 e. The summed E-state index contributed by atoms with van der Waals surface area (Å²) in [6, 6.07) is -0.640. The van der Waals surface area contributed by atoms with E-state index in [4.69, 9.17) is 4.42 Å². The van der Waals surface area contributed by atoms with Crippen LogP contribution in [0.3, 0.4) is 0 Å². The second-order valence-corrected chi connectivity index (χ2v) is 10.8. The molecule has 2 aromatic heterocycles. The van der Waals surface area contributed by atoms with Crippen LogP contribution in [0.25, 0.3) is 11.5 Å². The maximum absolute atomic E-state index is 13.4. The molecule has 0 aliphatic carbocycles. The number of carbonyl (C=O) groups excluding carboxylic acids is 1. The van der Waals surface area contributed by atoms with E-state index in [1.807, 2.05) is 0 Å². The summed E-state index contributed by atoms with van der Waals surface area (Å²) in [5.41, 5.74) is -5.01. The summed E-state index contributed by atoms with van der Waals surface area (Å²) in [5, 5.41) is 37.4. The Labute approximate surface area is 241 Å². The van der Waals surface area contributed by atoms with E-state index in [1.54, 1.807) is 27.7 Å². The zero-order valence-corrected chi connectivity index (χ0v) is 23.4. The van der Waals surface area contributed by atoms with Gasteiger partial charge in [0.1, 0.15) is 11.9 Å². The van der Waals surface area contributed by atoms with Crippen molar-refractivity contribution >= 4 is 17.8 Å². The predicted molar refractivity (Wildman–Crippen MR) is 138 cm³/mol. The van der Waals surface area contributed by atoms with Crippen molar-refractivity contribution in [1.29, 1.82) is 0 Å². The number of unbranched alkanes of at least 4 members (excludes halogenated alkanes) is 1. The largest absolute Gasteiger partial charge is 0.465 e. The Bertz CT molecular complexity index is 1370. The molecule has 0 saturated carbocycles. The predicted octanol–water partition coefficient (Wildman–Crippen LogP) is 6.12. The summed E-state index contributed by atoms with van der Waals surface area (Å²) in [4.78, 5) is 26.4. The number of H-pyrrole nitrogens is 1. The maximum atomic E-state index is 13.4. The van der Waals surface area contributed by atoms with Gasteiger partial charge >= 0.3 is 18.4 Å². The first-order chi connectivity index (χ1) is 19.8. The topological polar surface area (TPSA) is 157 Å². The number of carbonyl (C=O) groups is 2. The highest BCUT2D eigenvalue weighted by Crippen LogP contribution is 2.42. The van der Waals surface area contributed by atoms with Crippen LogP contribution in [0.2, 0.25) is 0 Å². The zero-order valence-electron chi connectivity index (χ0n) is 23.4. The van der Waals surface area contributed by atoms with Crippen molar-refractivity contribution in [1.82, 2.24) is 25.3 Å². The molecule has 1 aromatic carbocycles. The van der Waals surface area contributed by atoms with Crippen LogP contribution in [0.15, 0.2) is 34.9 Å². The van der Waals surface area contributed by atoms with E-state index in [0.717, 1.165) is 4.90 Å². The number of carboxylic acid groups (broad SMARTS) is 1. The Morgan fingerprint density at radius 2 is 1.65 bits per heavy atom. The monoisotopic (exact) mass is 620 g/mol. The van der Waals surface area contributed by atoms with E-state index in [0.29, 0.717) is 25.0 Å². The fourth-order valence-electron chi connectivity index (χ4n) is 4.46. The molecular formula is C26H30F6N6O5. The second-order valence-electron chi connectivity index (χ2n) is 10.8. The smallest absolute Gasteiger partial charge is 0.416 e. The first-order valence-electron chi connectivity index (χ1n) is 13.0. The molecule has 3 atom stereocenters. The number of halogens is 6. The molecule has 17 heteroatoms. The molecule has 0 unspecified atom stereocenters. The fourth-order valence-corrected chi connectivity index (χ4v) is 4.46. The fraction of sp³-hybridized carbons (Fsp3) is 0.500. The number of rotatable bonds is 10. The summed E-state index contributed by atoms with van der Waals surface area (Å²) in [6.07, 6.45) is -11.5. The van der Waals surface area contributed by atoms with E-state index in [-0.39, 0.29) is 18.3 Å². The van der Waals surface area contributed by atoms with Crippen LogP contribution in [0.5, 0.6) is 0 Å². The van der Waals surface area contributed by atoms with Crippen molar-refractivity contribution in [3.8, 4) is 11.5 Å². The van der Waals surface area contributed by atoms with Crippen molar-refractivity contribution < 1.29 is 50.6 Å². The van der Waals surface area contributed by atoms with Crippen molar-refractivity contribution in [2.24, 2.45) is 5.41 Å². The van der Waals surface area contributed by atoms with E-state index in [1.165, 1.54) is 12.3 Å². The quantitative estimate of drug-likeness (QED) is 0.197. The van der Waals surface area contributed by atoms with Gasteiger partial charge in [-0.1, -0.05) is 40.5 Å². The molecule has 43 heavy (non-hydrogen) atoms. The third kappa shape index (κ3) is 8.03. The lowest BCUT2D eigenvalue weighted by Gasteiger charge is -2.42. The summed E-state index contributed by atoms with van der Waals surface area (Å²) < 4.78 is 86.1. The van der Waals surface area contributed by atoms with Crippen molar-refractivity contribution in [2.45, 2.75) is 77.5 Å². The summed E-state index contributed by atoms with van der Waals surface area (Å²) >= 11 is 0. The van der Waals surface area contributed by atoms with Gasteiger partial charge in [-0.3, -0.25) is 14.8 Å².